The van der Waals surface area contributed by atoms with Gasteiger partial charge in [-0.25, -0.2) is 8.78 Å². The molecule has 1 aromatic rings. The van der Waals surface area contributed by atoms with Gasteiger partial charge in [-0.2, -0.15) is 0 Å². The van der Waals surface area contributed by atoms with Gasteiger partial charge >= 0.3 is 0 Å². The first kappa shape index (κ1) is 20.1. The fourth-order valence-electron chi connectivity index (χ4n) is 4.03. The lowest BCUT2D eigenvalue weighted by atomic mass is 9.85. The van der Waals surface area contributed by atoms with E-state index in [0.29, 0.717) is 31.0 Å². The largest absolute Gasteiger partial charge is 0.388 e. The minimum absolute atomic E-state index is 0.0564. The molecule has 1 amide bonds. The van der Waals surface area contributed by atoms with Crippen molar-refractivity contribution in [3.8, 4) is 0 Å². The minimum Gasteiger partial charge on any atom is -0.388 e. The summed E-state index contributed by atoms with van der Waals surface area (Å²) in [6.45, 7) is 3.39. The van der Waals surface area contributed by atoms with E-state index in [1.807, 2.05) is 24.1 Å². The average molecular weight is 397 g/mol. The third-order valence-electron chi connectivity index (χ3n) is 5.83. The summed E-state index contributed by atoms with van der Waals surface area (Å²) >= 11 is 6.21. The fourth-order valence-corrected chi connectivity index (χ4v) is 4.26. The standard InChI is InChI=1S/C21H27ClF2N2O/c1-14-17(12-18(22)13-19(14)25-2)11-15-5-9-26(10-6-15)20(27)16-3-7-21(23,24)8-4-16/h11-13,16,25H,3-10H2,1-2H3. The highest BCUT2D eigenvalue weighted by Gasteiger charge is 2.38. The number of likely N-dealkylation sites (tertiary alicyclic amines) is 1. The summed E-state index contributed by atoms with van der Waals surface area (Å²) in [6, 6.07) is 3.87. The van der Waals surface area contributed by atoms with Gasteiger partial charge in [0, 0.05) is 49.6 Å². The van der Waals surface area contributed by atoms with Crippen molar-refractivity contribution >= 4 is 29.3 Å². The summed E-state index contributed by atoms with van der Waals surface area (Å²) in [6.07, 6.45) is 4.09. The van der Waals surface area contributed by atoms with Gasteiger partial charge in [0.15, 0.2) is 0 Å². The maximum absolute atomic E-state index is 13.3. The molecule has 0 aromatic heterocycles. The molecule has 1 aromatic carbocycles. The van der Waals surface area contributed by atoms with Gasteiger partial charge in [-0.05, 0) is 55.9 Å². The van der Waals surface area contributed by atoms with Crippen LogP contribution in [0.5, 0.6) is 0 Å². The van der Waals surface area contributed by atoms with E-state index in [9.17, 15) is 13.6 Å². The maximum Gasteiger partial charge on any atom is 0.248 e. The number of amides is 1. The Hall–Kier alpha value is -1.62. The number of carbonyl (C=O) groups is 1. The topological polar surface area (TPSA) is 32.3 Å². The molecule has 0 radical (unpaired) electrons. The van der Waals surface area contributed by atoms with Crippen molar-refractivity contribution in [1.82, 2.24) is 4.90 Å². The number of hydrogen-bond donors (Lipinski definition) is 1. The van der Waals surface area contributed by atoms with E-state index in [1.165, 1.54) is 5.57 Å². The second-order valence-electron chi connectivity index (χ2n) is 7.68. The molecular weight excluding hydrogens is 370 g/mol. The van der Waals surface area contributed by atoms with Crippen LogP contribution in [0.3, 0.4) is 0 Å². The van der Waals surface area contributed by atoms with Crippen LogP contribution in [0, 0.1) is 12.8 Å². The lowest BCUT2D eigenvalue weighted by Crippen LogP contribution is -2.42. The minimum atomic E-state index is -2.59. The Balaban J connectivity index is 1.61. The third-order valence-corrected chi connectivity index (χ3v) is 6.04. The summed E-state index contributed by atoms with van der Waals surface area (Å²) < 4.78 is 26.6. The summed E-state index contributed by atoms with van der Waals surface area (Å²) in [4.78, 5) is 14.5. The SMILES string of the molecule is CNc1cc(Cl)cc(C=C2CCN(C(=O)C3CCC(F)(F)CC3)CC2)c1C. The van der Waals surface area contributed by atoms with E-state index in [2.05, 4.69) is 18.3 Å². The van der Waals surface area contributed by atoms with E-state index >= 15 is 0 Å². The number of alkyl halides is 2. The molecule has 2 fully saturated rings. The van der Waals surface area contributed by atoms with Gasteiger partial charge in [-0.3, -0.25) is 4.79 Å². The van der Waals surface area contributed by atoms with Gasteiger partial charge in [0.1, 0.15) is 0 Å². The van der Waals surface area contributed by atoms with Gasteiger partial charge in [0.2, 0.25) is 11.8 Å². The molecule has 0 bridgehead atoms. The van der Waals surface area contributed by atoms with Gasteiger partial charge in [0.25, 0.3) is 0 Å². The summed E-state index contributed by atoms with van der Waals surface area (Å²) in [5, 5.41) is 3.85. The molecule has 0 spiro atoms. The molecule has 2 aliphatic rings. The molecule has 148 valence electrons. The van der Waals surface area contributed by atoms with Crippen LogP contribution in [-0.4, -0.2) is 36.9 Å². The number of rotatable bonds is 3. The number of nitrogens with one attached hydrogen (secondary N) is 1. The zero-order valence-electron chi connectivity index (χ0n) is 16.0. The number of hydrogen-bond acceptors (Lipinski definition) is 2. The molecule has 3 nitrogen and oxygen atoms in total. The van der Waals surface area contributed by atoms with Crippen LogP contribution in [0.25, 0.3) is 6.08 Å². The molecular formula is C21H27ClF2N2O. The van der Waals surface area contributed by atoms with Crippen LogP contribution in [0.1, 0.15) is 49.7 Å². The normalized spacial score (nSPS) is 20.5. The van der Waals surface area contributed by atoms with Gasteiger partial charge in [-0.1, -0.05) is 23.3 Å². The molecule has 1 saturated heterocycles. The lowest BCUT2D eigenvalue weighted by molar-refractivity contribution is -0.140. The Morgan fingerprint density at radius 3 is 2.48 bits per heavy atom. The monoisotopic (exact) mass is 396 g/mol. The van der Waals surface area contributed by atoms with E-state index in [4.69, 9.17) is 11.6 Å². The molecule has 1 saturated carbocycles. The second-order valence-corrected chi connectivity index (χ2v) is 8.11. The first-order chi connectivity index (χ1) is 12.8. The Bertz CT molecular complexity index is 728. The van der Waals surface area contributed by atoms with Crippen LogP contribution in [0.4, 0.5) is 14.5 Å². The van der Waals surface area contributed by atoms with Crippen LogP contribution >= 0.6 is 11.6 Å². The molecule has 3 rings (SSSR count). The average Bonchev–Trinajstić information content (AvgIpc) is 2.64. The predicted octanol–water partition coefficient (Wildman–Crippen LogP) is 5.52. The number of carbonyl (C=O) groups excluding carboxylic acids is 1. The molecule has 1 aliphatic heterocycles. The Morgan fingerprint density at radius 1 is 1.26 bits per heavy atom. The Morgan fingerprint density at radius 2 is 1.89 bits per heavy atom. The number of benzene rings is 1. The summed E-state index contributed by atoms with van der Waals surface area (Å²) in [5.41, 5.74) is 4.55. The zero-order chi connectivity index (χ0) is 19.6. The number of halogens is 3. The van der Waals surface area contributed by atoms with Crippen molar-refractivity contribution in [2.24, 2.45) is 5.92 Å². The number of nitrogens with zero attached hydrogens (tertiary/aromatic N) is 1. The molecule has 6 heteroatoms. The predicted molar refractivity (Wildman–Crippen MR) is 106 cm³/mol. The van der Waals surface area contributed by atoms with Crippen molar-refractivity contribution in [1.29, 1.82) is 0 Å². The quantitative estimate of drug-likeness (QED) is 0.729. The van der Waals surface area contributed by atoms with Crippen LogP contribution in [-0.2, 0) is 4.79 Å². The highest BCUT2D eigenvalue weighted by atomic mass is 35.5. The highest BCUT2D eigenvalue weighted by Crippen LogP contribution is 2.37. The summed E-state index contributed by atoms with van der Waals surface area (Å²) in [7, 11) is 1.88. The molecule has 1 aliphatic carbocycles. The second kappa shape index (κ2) is 8.17. The van der Waals surface area contributed by atoms with Gasteiger partial charge in [0.05, 0.1) is 0 Å². The van der Waals surface area contributed by atoms with E-state index in [1.54, 1.807) is 0 Å². The first-order valence-corrected chi connectivity index (χ1v) is 10.0. The van der Waals surface area contributed by atoms with E-state index < -0.39 is 5.92 Å². The van der Waals surface area contributed by atoms with Crippen LogP contribution < -0.4 is 5.32 Å². The van der Waals surface area contributed by atoms with Crippen LogP contribution in [0.15, 0.2) is 17.7 Å². The first-order valence-electron chi connectivity index (χ1n) is 9.63. The Kier molecular flexibility index (Phi) is 6.09. The van der Waals surface area contributed by atoms with Crippen molar-refractivity contribution in [3.05, 3.63) is 33.9 Å². The Labute approximate surface area is 164 Å². The van der Waals surface area contributed by atoms with Gasteiger partial charge in [-0.15, -0.1) is 0 Å². The molecule has 27 heavy (non-hydrogen) atoms. The molecule has 1 heterocycles. The highest BCUT2D eigenvalue weighted by molar-refractivity contribution is 6.31. The molecule has 1 N–H and O–H groups in total. The van der Waals surface area contributed by atoms with E-state index in [-0.39, 0.29) is 24.7 Å². The smallest absolute Gasteiger partial charge is 0.248 e. The molecule has 0 unspecified atom stereocenters. The van der Waals surface area contributed by atoms with Crippen molar-refractivity contribution in [2.45, 2.75) is 51.4 Å². The van der Waals surface area contributed by atoms with Crippen molar-refractivity contribution < 1.29 is 13.6 Å². The van der Waals surface area contributed by atoms with Crippen molar-refractivity contribution in [2.75, 3.05) is 25.5 Å². The third kappa shape index (κ3) is 4.81. The lowest BCUT2D eigenvalue weighted by Gasteiger charge is -2.34. The summed E-state index contributed by atoms with van der Waals surface area (Å²) in [5.74, 6) is -2.76. The van der Waals surface area contributed by atoms with E-state index in [0.717, 1.165) is 29.7 Å². The fraction of sp³-hybridized carbons (Fsp3) is 0.571. The van der Waals surface area contributed by atoms with Crippen LogP contribution in [0.2, 0.25) is 5.02 Å². The molecule has 0 atom stereocenters. The zero-order valence-corrected chi connectivity index (χ0v) is 16.7. The number of anilines is 1. The maximum atomic E-state index is 13.3. The van der Waals surface area contributed by atoms with Gasteiger partial charge < -0.3 is 10.2 Å². The number of piperidine rings is 1. The van der Waals surface area contributed by atoms with Crippen molar-refractivity contribution in [3.63, 3.8) is 0 Å².